The van der Waals surface area contributed by atoms with E-state index in [9.17, 15) is 0 Å². The molecule has 2 unspecified atom stereocenters. The molecule has 1 aromatic rings. The zero-order chi connectivity index (χ0) is 11.7. The fraction of sp³-hybridized carbons (Fsp3) is 0.571. The molecule has 1 saturated heterocycles. The van der Waals surface area contributed by atoms with Crippen LogP contribution in [0.3, 0.4) is 0 Å². The summed E-state index contributed by atoms with van der Waals surface area (Å²) < 4.78 is 5.44. The number of nitrogens with one attached hydrogen (secondary N) is 1. The topological polar surface area (TPSA) is 24.5 Å². The average Bonchev–Trinajstić information content (AvgIpc) is 2.87. The highest BCUT2D eigenvalue weighted by atomic mass is 16.5. The van der Waals surface area contributed by atoms with Gasteiger partial charge in [0.05, 0.1) is 6.10 Å². The fourth-order valence-electron chi connectivity index (χ4n) is 2.96. The molecule has 0 bridgehead atoms. The highest BCUT2D eigenvalue weighted by molar-refractivity contribution is 5.53. The Kier molecular flexibility index (Phi) is 3.04. The molecule has 2 atom stereocenters. The van der Waals surface area contributed by atoms with E-state index in [2.05, 4.69) is 34.5 Å². The van der Waals surface area contributed by atoms with Gasteiger partial charge in [-0.05, 0) is 24.5 Å². The van der Waals surface area contributed by atoms with Crippen LogP contribution in [-0.2, 0) is 11.2 Å². The Labute approximate surface area is 103 Å². The van der Waals surface area contributed by atoms with Crippen LogP contribution in [0.1, 0.15) is 12.0 Å². The number of likely N-dealkylation sites (tertiary alicyclic amines) is 1. The van der Waals surface area contributed by atoms with E-state index < -0.39 is 0 Å². The number of ether oxygens (including phenoxy) is 1. The molecular weight excluding hydrogens is 212 g/mol. The quantitative estimate of drug-likeness (QED) is 0.840. The van der Waals surface area contributed by atoms with Crippen molar-refractivity contribution in [3.05, 3.63) is 29.8 Å². The van der Waals surface area contributed by atoms with Gasteiger partial charge in [-0.25, -0.2) is 0 Å². The number of nitrogens with zero attached hydrogens (tertiary/aromatic N) is 1. The molecule has 0 aliphatic carbocycles. The summed E-state index contributed by atoms with van der Waals surface area (Å²) in [5.41, 5.74) is 2.76. The predicted molar refractivity (Wildman–Crippen MR) is 69.4 cm³/mol. The Morgan fingerprint density at radius 3 is 3.06 bits per heavy atom. The number of hydrogen-bond acceptors (Lipinski definition) is 3. The summed E-state index contributed by atoms with van der Waals surface area (Å²) in [6, 6.07) is 9.27. The van der Waals surface area contributed by atoms with Crippen molar-refractivity contribution in [3.63, 3.8) is 0 Å². The molecule has 0 amide bonds. The lowest BCUT2D eigenvalue weighted by Gasteiger charge is -2.33. The summed E-state index contributed by atoms with van der Waals surface area (Å²) in [6.45, 7) is 3.32. The minimum atomic E-state index is 0.437. The Morgan fingerprint density at radius 1 is 1.35 bits per heavy atom. The number of para-hydroxylation sites is 1. The number of benzene rings is 1. The van der Waals surface area contributed by atoms with E-state index in [-0.39, 0.29) is 0 Å². The first-order chi connectivity index (χ1) is 8.36. The predicted octanol–water partition coefficient (Wildman–Crippen LogP) is 1.74. The van der Waals surface area contributed by atoms with E-state index >= 15 is 0 Å². The summed E-state index contributed by atoms with van der Waals surface area (Å²) in [5.74, 6) is 0. The molecule has 2 aliphatic heterocycles. The molecule has 1 N–H and O–H groups in total. The van der Waals surface area contributed by atoms with Crippen LogP contribution in [0.2, 0.25) is 0 Å². The maximum absolute atomic E-state index is 5.44. The van der Waals surface area contributed by atoms with Crippen LogP contribution >= 0.6 is 0 Å². The number of anilines is 1. The molecule has 2 aliphatic rings. The minimum absolute atomic E-state index is 0.437. The zero-order valence-electron chi connectivity index (χ0n) is 10.4. The van der Waals surface area contributed by atoms with Crippen molar-refractivity contribution >= 4 is 5.69 Å². The third-order valence-electron chi connectivity index (χ3n) is 4.03. The van der Waals surface area contributed by atoms with Crippen molar-refractivity contribution in [3.8, 4) is 0 Å². The van der Waals surface area contributed by atoms with Crippen molar-refractivity contribution in [2.45, 2.75) is 25.0 Å². The van der Waals surface area contributed by atoms with Gasteiger partial charge in [-0.3, -0.25) is 4.90 Å². The molecule has 0 spiro atoms. The van der Waals surface area contributed by atoms with Crippen LogP contribution in [0.25, 0.3) is 0 Å². The van der Waals surface area contributed by atoms with Crippen LogP contribution in [0, 0.1) is 0 Å². The molecule has 0 aromatic heterocycles. The number of methoxy groups -OCH3 is 1. The molecule has 0 saturated carbocycles. The molecule has 1 aromatic carbocycles. The maximum Gasteiger partial charge on any atom is 0.0710 e. The number of fused-ring (bicyclic) bond motifs is 1. The first kappa shape index (κ1) is 11.1. The van der Waals surface area contributed by atoms with Crippen LogP contribution in [0.15, 0.2) is 24.3 Å². The molecule has 17 heavy (non-hydrogen) atoms. The van der Waals surface area contributed by atoms with Gasteiger partial charge >= 0.3 is 0 Å². The zero-order valence-corrected chi connectivity index (χ0v) is 10.4. The summed E-state index contributed by atoms with van der Waals surface area (Å²) in [4.78, 5) is 2.57. The minimum Gasteiger partial charge on any atom is -0.383 e. The van der Waals surface area contributed by atoms with Crippen LogP contribution < -0.4 is 5.32 Å². The highest BCUT2D eigenvalue weighted by Gasteiger charge is 2.30. The largest absolute Gasteiger partial charge is 0.383 e. The second kappa shape index (κ2) is 4.67. The smallest absolute Gasteiger partial charge is 0.0710 e. The molecule has 2 heterocycles. The van der Waals surface area contributed by atoms with Crippen LogP contribution in [0.4, 0.5) is 5.69 Å². The lowest BCUT2D eigenvalue weighted by Crippen LogP contribution is -2.43. The summed E-state index contributed by atoms with van der Waals surface area (Å²) in [6.07, 6.45) is 2.78. The molecule has 3 nitrogen and oxygen atoms in total. The SMILES string of the molecule is COC1CCN(C2CNc3ccccc3C2)C1. The Balaban J connectivity index is 1.68. The average molecular weight is 232 g/mol. The van der Waals surface area contributed by atoms with Gasteiger partial charge in [0.25, 0.3) is 0 Å². The number of rotatable bonds is 2. The Bertz CT molecular complexity index is 394. The Hall–Kier alpha value is -1.06. The Morgan fingerprint density at radius 2 is 2.24 bits per heavy atom. The first-order valence-corrected chi connectivity index (χ1v) is 6.45. The van der Waals surface area contributed by atoms with Gasteiger partial charge in [0.15, 0.2) is 0 Å². The third kappa shape index (κ3) is 2.17. The van der Waals surface area contributed by atoms with Gasteiger partial charge in [0, 0.05) is 38.5 Å². The molecule has 3 rings (SSSR count). The summed E-state index contributed by atoms with van der Waals surface area (Å²) in [5, 5.41) is 3.54. The van der Waals surface area contributed by atoms with Gasteiger partial charge in [-0.15, -0.1) is 0 Å². The monoisotopic (exact) mass is 232 g/mol. The van der Waals surface area contributed by atoms with E-state index in [1.54, 1.807) is 0 Å². The molecule has 3 heteroatoms. The van der Waals surface area contributed by atoms with Crippen LogP contribution in [-0.4, -0.2) is 43.8 Å². The van der Waals surface area contributed by atoms with Crippen molar-refractivity contribution in [1.29, 1.82) is 0 Å². The third-order valence-corrected chi connectivity index (χ3v) is 4.03. The standard InChI is InChI=1S/C14H20N2O/c1-17-13-6-7-16(10-13)12-8-11-4-2-3-5-14(11)15-9-12/h2-5,12-13,15H,6-10H2,1H3. The normalized spacial score (nSPS) is 28.8. The van der Waals surface area contributed by atoms with E-state index in [1.165, 1.54) is 30.6 Å². The fourth-order valence-corrected chi connectivity index (χ4v) is 2.96. The molecule has 0 radical (unpaired) electrons. The first-order valence-electron chi connectivity index (χ1n) is 6.45. The van der Waals surface area contributed by atoms with E-state index in [0.717, 1.165) is 13.1 Å². The maximum atomic E-state index is 5.44. The molecular formula is C14H20N2O. The second-order valence-electron chi connectivity index (χ2n) is 5.04. The van der Waals surface area contributed by atoms with Gasteiger partial charge in [0.1, 0.15) is 0 Å². The van der Waals surface area contributed by atoms with Crippen molar-refractivity contribution in [1.82, 2.24) is 4.90 Å². The van der Waals surface area contributed by atoms with Crippen molar-refractivity contribution < 1.29 is 4.74 Å². The van der Waals surface area contributed by atoms with Gasteiger partial charge < -0.3 is 10.1 Å². The lowest BCUT2D eigenvalue weighted by molar-refractivity contribution is 0.101. The van der Waals surface area contributed by atoms with E-state index in [0.29, 0.717) is 12.1 Å². The van der Waals surface area contributed by atoms with Gasteiger partial charge in [-0.1, -0.05) is 18.2 Å². The summed E-state index contributed by atoms with van der Waals surface area (Å²) >= 11 is 0. The van der Waals surface area contributed by atoms with E-state index in [4.69, 9.17) is 4.74 Å². The molecule has 1 fully saturated rings. The lowest BCUT2D eigenvalue weighted by atomic mass is 9.99. The number of hydrogen-bond donors (Lipinski definition) is 1. The molecule has 92 valence electrons. The van der Waals surface area contributed by atoms with Crippen LogP contribution in [0.5, 0.6) is 0 Å². The van der Waals surface area contributed by atoms with Gasteiger partial charge in [-0.2, -0.15) is 0 Å². The van der Waals surface area contributed by atoms with Crippen molar-refractivity contribution in [2.24, 2.45) is 0 Å². The van der Waals surface area contributed by atoms with Gasteiger partial charge in [0.2, 0.25) is 0 Å². The summed E-state index contributed by atoms with van der Waals surface area (Å²) in [7, 11) is 1.82. The van der Waals surface area contributed by atoms with Crippen molar-refractivity contribution in [2.75, 3.05) is 32.1 Å². The highest BCUT2D eigenvalue weighted by Crippen LogP contribution is 2.25. The second-order valence-corrected chi connectivity index (χ2v) is 5.04. The van der Waals surface area contributed by atoms with E-state index in [1.807, 2.05) is 7.11 Å².